The lowest BCUT2D eigenvalue weighted by atomic mass is 10.1. The van der Waals surface area contributed by atoms with Crippen LogP contribution in [0.4, 0.5) is 0 Å². The number of benzene rings is 3. The number of aromatic nitrogens is 2. The van der Waals surface area contributed by atoms with Gasteiger partial charge in [-0.3, -0.25) is 4.79 Å². The molecule has 1 aromatic heterocycles. The van der Waals surface area contributed by atoms with Gasteiger partial charge in [-0.05, 0) is 37.3 Å². The van der Waals surface area contributed by atoms with Crippen molar-refractivity contribution >= 4 is 16.6 Å². The summed E-state index contributed by atoms with van der Waals surface area (Å²) >= 11 is 0. The van der Waals surface area contributed by atoms with Crippen molar-refractivity contribution in [2.45, 2.75) is 6.92 Å². The van der Waals surface area contributed by atoms with E-state index >= 15 is 0 Å². The Balaban J connectivity index is 1.76. The van der Waals surface area contributed by atoms with Crippen molar-refractivity contribution < 1.29 is 9.53 Å². The minimum absolute atomic E-state index is 0.0222. The second kappa shape index (κ2) is 6.76. The molecule has 0 atom stereocenters. The van der Waals surface area contributed by atoms with E-state index in [0.29, 0.717) is 17.2 Å². The van der Waals surface area contributed by atoms with Crippen LogP contribution in [-0.4, -0.2) is 16.0 Å². The number of ketones is 1. The normalized spacial score (nSPS) is 10.7. The fraction of sp³-hybridized carbons (Fsp3) is 0.0455. The molecule has 0 N–H and O–H groups in total. The number of fused-ring (bicyclic) bond motifs is 1. The highest BCUT2D eigenvalue weighted by Crippen LogP contribution is 2.32. The van der Waals surface area contributed by atoms with Crippen LogP contribution in [0.1, 0.15) is 17.3 Å². The maximum Gasteiger partial charge on any atom is 0.246 e. The monoisotopic (exact) mass is 340 g/mol. The van der Waals surface area contributed by atoms with Crippen molar-refractivity contribution in [3.63, 3.8) is 0 Å². The summed E-state index contributed by atoms with van der Waals surface area (Å²) < 4.78 is 5.93. The highest BCUT2D eigenvalue weighted by Gasteiger charge is 2.12. The van der Waals surface area contributed by atoms with Gasteiger partial charge in [-0.15, -0.1) is 10.2 Å². The maximum absolute atomic E-state index is 11.4. The summed E-state index contributed by atoms with van der Waals surface area (Å²) in [5, 5.41) is 10.5. The number of Topliss-reactive ketones (excluding diaryl/α,β-unsaturated/α-hetero) is 1. The van der Waals surface area contributed by atoms with E-state index in [9.17, 15) is 4.79 Å². The molecule has 0 aliphatic heterocycles. The molecule has 1 heterocycles. The Bertz CT molecular complexity index is 1070. The Morgan fingerprint density at radius 3 is 2.12 bits per heavy atom. The van der Waals surface area contributed by atoms with Gasteiger partial charge in [-0.25, -0.2) is 0 Å². The molecule has 4 aromatic rings. The van der Waals surface area contributed by atoms with Crippen LogP contribution in [0.25, 0.3) is 22.0 Å². The van der Waals surface area contributed by atoms with E-state index in [0.717, 1.165) is 22.0 Å². The Labute approximate surface area is 151 Å². The van der Waals surface area contributed by atoms with E-state index in [4.69, 9.17) is 4.74 Å². The summed E-state index contributed by atoms with van der Waals surface area (Å²) in [6.45, 7) is 1.54. The first-order valence-electron chi connectivity index (χ1n) is 8.32. The van der Waals surface area contributed by atoms with Gasteiger partial charge in [0.05, 0.1) is 0 Å². The van der Waals surface area contributed by atoms with Gasteiger partial charge in [0.25, 0.3) is 0 Å². The summed E-state index contributed by atoms with van der Waals surface area (Å²) in [6, 6.07) is 24.9. The van der Waals surface area contributed by atoms with Crippen LogP contribution < -0.4 is 4.74 Å². The highest BCUT2D eigenvalue weighted by atomic mass is 16.5. The Morgan fingerprint density at radius 1 is 0.769 bits per heavy atom. The molecule has 0 aliphatic carbocycles. The van der Waals surface area contributed by atoms with Gasteiger partial charge >= 0.3 is 0 Å². The zero-order chi connectivity index (χ0) is 17.9. The molecule has 26 heavy (non-hydrogen) atoms. The van der Waals surface area contributed by atoms with E-state index in [1.54, 1.807) is 24.3 Å². The van der Waals surface area contributed by atoms with Crippen LogP contribution >= 0.6 is 0 Å². The van der Waals surface area contributed by atoms with Crippen molar-refractivity contribution in [1.82, 2.24) is 10.2 Å². The first-order chi connectivity index (χ1) is 12.7. The predicted molar refractivity (Wildman–Crippen MR) is 101 cm³/mol. The lowest BCUT2D eigenvalue weighted by Crippen LogP contribution is -1.96. The topological polar surface area (TPSA) is 52.1 Å². The number of carbonyl (C=O) groups is 1. The van der Waals surface area contributed by atoms with E-state index in [2.05, 4.69) is 10.2 Å². The van der Waals surface area contributed by atoms with Crippen molar-refractivity contribution in [3.05, 3.63) is 84.4 Å². The van der Waals surface area contributed by atoms with Gasteiger partial charge in [-0.2, -0.15) is 0 Å². The maximum atomic E-state index is 11.4. The smallest absolute Gasteiger partial charge is 0.246 e. The van der Waals surface area contributed by atoms with Gasteiger partial charge in [-0.1, -0.05) is 48.5 Å². The van der Waals surface area contributed by atoms with E-state index < -0.39 is 0 Å². The summed E-state index contributed by atoms with van der Waals surface area (Å²) in [5.41, 5.74) is 2.47. The van der Waals surface area contributed by atoms with Crippen LogP contribution in [0.2, 0.25) is 0 Å². The van der Waals surface area contributed by atoms with Crippen LogP contribution in [0.3, 0.4) is 0 Å². The summed E-state index contributed by atoms with van der Waals surface area (Å²) in [7, 11) is 0. The molecule has 0 unspecified atom stereocenters. The molecule has 0 saturated heterocycles. The summed E-state index contributed by atoms with van der Waals surface area (Å²) in [5.74, 6) is 1.08. The van der Waals surface area contributed by atoms with Crippen LogP contribution in [0, 0.1) is 0 Å². The number of nitrogens with zero attached hydrogens (tertiary/aromatic N) is 2. The predicted octanol–water partition coefficient (Wildman–Crippen LogP) is 5.29. The van der Waals surface area contributed by atoms with Crippen LogP contribution in [-0.2, 0) is 0 Å². The second-order valence-electron chi connectivity index (χ2n) is 5.95. The van der Waals surface area contributed by atoms with Crippen molar-refractivity contribution in [3.8, 4) is 22.9 Å². The molecular weight excluding hydrogens is 324 g/mol. The number of ether oxygens (including phenoxy) is 1. The number of hydrogen-bond acceptors (Lipinski definition) is 4. The second-order valence-corrected chi connectivity index (χ2v) is 5.95. The third-order valence-corrected chi connectivity index (χ3v) is 4.18. The van der Waals surface area contributed by atoms with E-state index in [-0.39, 0.29) is 5.78 Å². The first-order valence-corrected chi connectivity index (χ1v) is 8.32. The van der Waals surface area contributed by atoms with E-state index in [1.807, 2.05) is 54.6 Å². The third kappa shape index (κ3) is 3.05. The minimum atomic E-state index is 0.0222. The SMILES string of the molecule is CC(=O)c1ccc(Oc2nnc(-c3ccccc3)c3ccccc23)cc1. The van der Waals surface area contributed by atoms with Crippen molar-refractivity contribution in [2.75, 3.05) is 0 Å². The molecule has 4 rings (SSSR count). The Hall–Kier alpha value is -3.53. The molecule has 0 fully saturated rings. The summed E-state index contributed by atoms with van der Waals surface area (Å²) in [4.78, 5) is 11.4. The molecule has 0 saturated carbocycles. The molecule has 0 amide bonds. The molecule has 4 nitrogen and oxygen atoms in total. The Kier molecular flexibility index (Phi) is 4.15. The minimum Gasteiger partial charge on any atom is -0.437 e. The fourth-order valence-corrected chi connectivity index (χ4v) is 2.83. The molecule has 4 heteroatoms. The van der Waals surface area contributed by atoms with Crippen molar-refractivity contribution in [2.24, 2.45) is 0 Å². The zero-order valence-corrected chi connectivity index (χ0v) is 14.2. The molecule has 0 bridgehead atoms. The quantitative estimate of drug-likeness (QED) is 0.474. The molecule has 0 aliphatic rings. The van der Waals surface area contributed by atoms with Gasteiger partial charge in [0, 0.05) is 21.9 Å². The van der Waals surface area contributed by atoms with Crippen LogP contribution in [0.5, 0.6) is 11.6 Å². The van der Waals surface area contributed by atoms with Gasteiger partial charge in [0.15, 0.2) is 5.78 Å². The fourth-order valence-electron chi connectivity index (χ4n) is 2.83. The third-order valence-electron chi connectivity index (χ3n) is 4.18. The molecule has 0 spiro atoms. The highest BCUT2D eigenvalue weighted by molar-refractivity contribution is 5.97. The molecule has 3 aromatic carbocycles. The standard InChI is InChI=1S/C22H16N2O2/c1-15(25)16-11-13-18(14-12-16)26-22-20-10-6-5-9-19(20)21(23-24-22)17-7-3-2-4-8-17/h2-14H,1H3. The Morgan fingerprint density at radius 2 is 1.42 bits per heavy atom. The summed E-state index contributed by atoms with van der Waals surface area (Å²) in [6.07, 6.45) is 0. The number of rotatable bonds is 4. The average Bonchev–Trinajstić information content (AvgIpc) is 2.69. The van der Waals surface area contributed by atoms with Gasteiger partial charge in [0.1, 0.15) is 11.4 Å². The number of hydrogen-bond donors (Lipinski definition) is 0. The lowest BCUT2D eigenvalue weighted by Gasteiger charge is -2.10. The van der Waals surface area contributed by atoms with Gasteiger partial charge in [0.2, 0.25) is 5.88 Å². The van der Waals surface area contributed by atoms with Gasteiger partial charge < -0.3 is 4.74 Å². The van der Waals surface area contributed by atoms with Crippen LogP contribution in [0.15, 0.2) is 78.9 Å². The first kappa shape index (κ1) is 16.0. The van der Waals surface area contributed by atoms with E-state index in [1.165, 1.54) is 6.92 Å². The zero-order valence-electron chi connectivity index (χ0n) is 14.2. The van der Waals surface area contributed by atoms with Crippen molar-refractivity contribution in [1.29, 1.82) is 0 Å². The molecule has 0 radical (unpaired) electrons. The molecular formula is C22H16N2O2. The number of carbonyl (C=O) groups excluding carboxylic acids is 1. The molecule has 126 valence electrons. The average molecular weight is 340 g/mol. The largest absolute Gasteiger partial charge is 0.437 e. The lowest BCUT2D eigenvalue weighted by molar-refractivity contribution is 0.101.